The van der Waals surface area contributed by atoms with E-state index in [1.807, 2.05) is 0 Å². The highest BCUT2D eigenvalue weighted by atomic mass is 16.5. The monoisotopic (exact) mass is 285 g/mol. The molecule has 0 heterocycles. The summed E-state index contributed by atoms with van der Waals surface area (Å²) in [5.74, 6) is -0.174. The van der Waals surface area contributed by atoms with Crippen LogP contribution in [0, 0.1) is 0 Å². The van der Waals surface area contributed by atoms with Gasteiger partial charge in [0.2, 0.25) is 5.91 Å². The lowest BCUT2D eigenvalue weighted by Crippen LogP contribution is -2.20. The molecule has 0 radical (unpaired) electrons. The third-order valence-corrected chi connectivity index (χ3v) is 3.42. The Hall–Kier alpha value is -1.06. The summed E-state index contributed by atoms with van der Waals surface area (Å²) < 4.78 is 5.32. The van der Waals surface area contributed by atoms with Crippen LogP contribution >= 0.6 is 0 Å². The number of carbonyl (C=O) groups excluding carboxylic acids is 2. The molecular weight excluding hydrogens is 254 g/mol. The van der Waals surface area contributed by atoms with Crippen molar-refractivity contribution in [2.24, 2.45) is 0 Å². The number of amides is 1. The van der Waals surface area contributed by atoms with Gasteiger partial charge in [0.25, 0.3) is 0 Å². The highest BCUT2D eigenvalue weighted by molar-refractivity contribution is 5.75. The molecule has 1 atom stereocenters. The Morgan fingerprint density at radius 2 is 1.60 bits per heavy atom. The summed E-state index contributed by atoms with van der Waals surface area (Å²) in [6.07, 6.45) is 10.4. The third kappa shape index (κ3) is 12.0. The van der Waals surface area contributed by atoms with Gasteiger partial charge in [-0.05, 0) is 25.7 Å². The number of esters is 1. The smallest absolute Gasteiger partial charge is 0.302 e. The molecule has 1 N–H and O–H groups in total. The predicted octanol–water partition coefficient (Wildman–Crippen LogP) is 3.59. The van der Waals surface area contributed by atoms with Crippen molar-refractivity contribution in [2.45, 2.75) is 84.2 Å². The first-order valence-corrected chi connectivity index (χ1v) is 7.98. The zero-order chi connectivity index (χ0) is 15.2. The van der Waals surface area contributed by atoms with Crippen molar-refractivity contribution in [3.63, 3.8) is 0 Å². The quantitative estimate of drug-likeness (QED) is 0.440. The van der Waals surface area contributed by atoms with E-state index in [1.165, 1.54) is 39.0 Å². The summed E-state index contributed by atoms with van der Waals surface area (Å²) in [5.41, 5.74) is 0. The number of hydrogen-bond acceptors (Lipinski definition) is 3. The fraction of sp³-hybridized carbons (Fsp3) is 0.875. The van der Waals surface area contributed by atoms with Gasteiger partial charge < -0.3 is 10.1 Å². The first kappa shape index (κ1) is 18.9. The molecule has 0 saturated carbocycles. The molecule has 0 aliphatic carbocycles. The van der Waals surface area contributed by atoms with Gasteiger partial charge >= 0.3 is 5.97 Å². The zero-order valence-electron chi connectivity index (χ0n) is 13.4. The molecule has 20 heavy (non-hydrogen) atoms. The van der Waals surface area contributed by atoms with Crippen LogP contribution in [0.15, 0.2) is 0 Å². The molecule has 1 amide bonds. The topological polar surface area (TPSA) is 55.4 Å². The van der Waals surface area contributed by atoms with Gasteiger partial charge in [0.05, 0.1) is 0 Å². The normalized spacial score (nSPS) is 11.9. The Balaban J connectivity index is 3.78. The van der Waals surface area contributed by atoms with Gasteiger partial charge in [-0.1, -0.05) is 39.0 Å². The van der Waals surface area contributed by atoms with Crippen LogP contribution in [0.25, 0.3) is 0 Å². The fourth-order valence-corrected chi connectivity index (χ4v) is 2.26. The van der Waals surface area contributed by atoms with Crippen LogP contribution < -0.4 is 5.32 Å². The molecule has 118 valence electrons. The lowest BCUT2D eigenvalue weighted by Gasteiger charge is -2.16. The third-order valence-electron chi connectivity index (χ3n) is 3.42. The predicted molar refractivity (Wildman–Crippen MR) is 81.5 cm³/mol. The van der Waals surface area contributed by atoms with Crippen LogP contribution in [0.5, 0.6) is 0 Å². The van der Waals surface area contributed by atoms with Gasteiger partial charge in [-0.15, -0.1) is 0 Å². The number of carbonyl (C=O) groups is 2. The van der Waals surface area contributed by atoms with Crippen LogP contribution in [0.2, 0.25) is 0 Å². The van der Waals surface area contributed by atoms with Gasteiger partial charge in [0.1, 0.15) is 6.10 Å². The van der Waals surface area contributed by atoms with Crippen molar-refractivity contribution in [1.82, 2.24) is 5.32 Å². The highest BCUT2D eigenvalue weighted by Gasteiger charge is 2.12. The zero-order valence-corrected chi connectivity index (χ0v) is 13.4. The van der Waals surface area contributed by atoms with E-state index in [0.29, 0.717) is 6.42 Å². The molecule has 0 spiro atoms. The first-order chi connectivity index (χ1) is 9.60. The molecule has 0 rings (SSSR count). The van der Waals surface area contributed by atoms with Gasteiger partial charge in [-0.25, -0.2) is 0 Å². The van der Waals surface area contributed by atoms with E-state index >= 15 is 0 Å². The molecule has 0 aliphatic heterocycles. The maximum absolute atomic E-state index is 11.2. The Bertz CT molecular complexity index is 266. The Morgan fingerprint density at radius 1 is 1.00 bits per heavy atom. The lowest BCUT2D eigenvalue weighted by molar-refractivity contribution is -0.147. The van der Waals surface area contributed by atoms with Crippen LogP contribution in [-0.4, -0.2) is 25.0 Å². The van der Waals surface area contributed by atoms with E-state index in [9.17, 15) is 9.59 Å². The van der Waals surface area contributed by atoms with Crippen molar-refractivity contribution < 1.29 is 14.3 Å². The van der Waals surface area contributed by atoms with E-state index in [0.717, 1.165) is 25.7 Å². The van der Waals surface area contributed by atoms with Crippen molar-refractivity contribution in [3.05, 3.63) is 0 Å². The van der Waals surface area contributed by atoms with Crippen LogP contribution in [0.1, 0.15) is 78.1 Å². The molecule has 4 heteroatoms. The standard InChI is InChI=1S/C16H31NO3/c1-4-5-6-7-8-9-11-15(20-14(2)18)12-10-13-16(19)17-3/h15H,4-13H2,1-3H3,(H,17,19)/t15-/m0/s1. The van der Waals surface area contributed by atoms with Crippen LogP contribution in [-0.2, 0) is 14.3 Å². The van der Waals surface area contributed by atoms with E-state index in [4.69, 9.17) is 4.74 Å². The average Bonchev–Trinajstić information content (AvgIpc) is 2.41. The van der Waals surface area contributed by atoms with Gasteiger partial charge in [-0.3, -0.25) is 9.59 Å². The number of nitrogens with one attached hydrogen (secondary N) is 1. The summed E-state index contributed by atoms with van der Waals surface area (Å²) in [4.78, 5) is 22.2. The van der Waals surface area contributed by atoms with Gasteiger partial charge in [0, 0.05) is 20.4 Å². The minimum atomic E-state index is -0.221. The van der Waals surface area contributed by atoms with Gasteiger partial charge in [-0.2, -0.15) is 0 Å². The summed E-state index contributed by atoms with van der Waals surface area (Å²) in [6.45, 7) is 3.66. The molecule has 0 fully saturated rings. The van der Waals surface area contributed by atoms with Crippen molar-refractivity contribution in [2.75, 3.05) is 7.05 Å². The van der Waals surface area contributed by atoms with Gasteiger partial charge in [0.15, 0.2) is 0 Å². The van der Waals surface area contributed by atoms with Crippen LogP contribution in [0.3, 0.4) is 0 Å². The Kier molecular flexibility index (Phi) is 12.3. The minimum absolute atomic E-state index is 0.0247. The second kappa shape index (κ2) is 12.9. The fourth-order valence-electron chi connectivity index (χ4n) is 2.26. The first-order valence-electron chi connectivity index (χ1n) is 7.98. The molecule has 0 unspecified atom stereocenters. The number of ether oxygens (including phenoxy) is 1. The van der Waals surface area contributed by atoms with E-state index in [2.05, 4.69) is 12.2 Å². The maximum Gasteiger partial charge on any atom is 0.302 e. The summed E-state index contributed by atoms with van der Waals surface area (Å²) in [6, 6.07) is 0. The maximum atomic E-state index is 11.2. The van der Waals surface area contributed by atoms with E-state index < -0.39 is 0 Å². The second-order valence-electron chi connectivity index (χ2n) is 5.35. The molecule has 0 aliphatic rings. The Morgan fingerprint density at radius 3 is 2.20 bits per heavy atom. The highest BCUT2D eigenvalue weighted by Crippen LogP contribution is 2.15. The minimum Gasteiger partial charge on any atom is -0.463 e. The lowest BCUT2D eigenvalue weighted by atomic mass is 10.0. The number of rotatable bonds is 12. The number of hydrogen-bond donors (Lipinski definition) is 1. The van der Waals surface area contributed by atoms with E-state index in [1.54, 1.807) is 7.05 Å². The summed E-state index contributed by atoms with van der Waals surface area (Å²) >= 11 is 0. The summed E-state index contributed by atoms with van der Waals surface area (Å²) in [7, 11) is 1.64. The molecule has 0 aromatic heterocycles. The molecule has 0 aromatic carbocycles. The summed E-state index contributed by atoms with van der Waals surface area (Å²) in [5, 5.41) is 2.60. The van der Waals surface area contributed by atoms with E-state index in [-0.39, 0.29) is 18.0 Å². The molecule has 4 nitrogen and oxygen atoms in total. The molecule has 0 bridgehead atoms. The number of unbranched alkanes of at least 4 members (excludes halogenated alkanes) is 5. The molecule has 0 aromatic rings. The van der Waals surface area contributed by atoms with Crippen molar-refractivity contribution in [3.8, 4) is 0 Å². The molecule has 0 saturated heterocycles. The van der Waals surface area contributed by atoms with Crippen LogP contribution in [0.4, 0.5) is 0 Å². The second-order valence-corrected chi connectivity index (χ2v) is 5.35. The Labute approximate surface area is 123 Å². The van der Waals surface area contributed by atoms with Crippen molar-refractivity contribution in [1.29, 1.82) is 0 Å². The largest absolute Gasteiger partial charge is 0.463 e. The molecular formula is C16H31NO3. The SMILES string of the molecule is CCCCCCCC[C@@H](CCCC(=O)NC)OC(C)=O. The van der Waals surface area contributed by atoms with Crippen molar-refractivity contribution >= 4 is 11.9 Å². The average molecular weight is 285 g/mol.